The summed E-state index contributed by atoms with van der Waals surface area (Å²) in [5, 5.41) is 0.476. The summed E-state index contributed by atoms with van der Waals surface area (Å²) in [6.45, 7) is 2.65. The number of aromatic nitrogens is 1. The lowest BCUT2D eigenvalue weighted by Gasteiger charge is -2.36. The number of nitrogens with one attached hydrogen (secondary N) is 1. The van der Waals surface area contributed by atoms with Crippen LogP contribution in [0.4, 0.5) is 5.69 Å². The highest BCUT2D eigenvalue weighted by Gasteiger charge is 2.23. The van der Waals surface area contributed by atoms with Crippen molar-refractivity contribution in [1.29, 1.82) is 0 Å². The summed E-state index contributed by atoms with van der Waals surface area (Å²) in [6, 6.07) is 12.7. The van der Waals surface area contributed by atoms with Crippen LogP contribution in [0.1, 0.15) is 10.4 Å². The van der Waals surface area contributed by atoms with Crippen LogP contribution in [0.2, 0.25) is 5.02 Å². The largest absolute Gasteiger partial charge is 0.417 e. The maximum Gasteiger partial charge on any atom is 0.417 e. The third-order valence-corrected chi connectivity index (χ3v) is 4.77. The monoisotopic (exact) mass is 357 g/mol. The molecule has 4 rings (SSSR count). The van der Waals surface area contributed by atoms with Gasteiger partial charge >= 0.3 is 5.76 Å². The number of anilines is 1. The first kappa shape index (κ1) is 15.8. The van der Waals surface area contributed by atoms with Crippen molar-refractivity contribution >= 4 is 34.3 Å². The van der Waals surface area contributed by atoms with Gasteiger partial charge < -0.3 is 14.2 Å². The Bertz CT molecular complexity index is 986. The SMILES string of the molecule is O=C(c1ccccc1Cl)N1CCN(c2ccc3oc(=O)[nH]c3c2)CC1. The fourth-order valence-electron chi connectivity index (χ4n) is 3.11. The number of benzene rings is 2. The number of piperazine rings is 1. The molecule has 1 N–H and O–H groups in total. The lowest BCUT2D eigenvalue weighted by molar-refractivity contribution is 0.0747. The normalized spacial score (nSPS) is 14.9. The average molecular weight is 358 g/mol. The highest BCUT2D eigenvalue weighted by atomic mass is 35.5. The summed E-state index contributed by atoms with van der Waals surface area (Å²) >= 11 is 6.12. The Kier molecular flexibility index (Phi) is 3.97. The van der Waals surface area contributed by atoms with Crippen LogP contribution in [-0.2, 0) is 0 Å². The number of H-pyrrole nitrogens is 1. The van der Waals surface area contributed by atoms with E-state index in [0.29, 0.717) is 47.9 Å². The topological polar surface area (TPSA) is 69.6 Å². The second kappa shape index (κ2) is 6.29. The molecule has 25 heavy (non-hydrogen) atoms. The Morgan fingerprint density at radius 2 is 1.84 bits per heavy atom. The zero-order valence-electron chi connectivity index (χ0n) is 13.4. The van der Waals surface area contributed by atoms with E-state index < -0.39 is 5.76 Å². The highest BCUT2D eigenvalue weighted by molar-refractivity contribution is 6.33. The summed E-state index contributed by atoms with van der Waals surface area (Å²) in [5.41, 5.74) is 2.75. The predicted octanol–water partition coefficient (Wildman–Crippen LogP) is 2.74. The standard InChI is InChI=1S/C18H16ClN3O3/c19-14-4-2-1-3-13(14)17(23)22-9-7-21(8-10-22)12-5-6-16-15(11-12)20-18(24)25-16/h1-6,11H,7-10H2,(H,20,24). The van der Waals surface area contributed by atoms with E-state index in [0.717, 1.165) is 5.69 Å². The molecule has 7 heteroatoms. The lowest BCUT2D eigenvalue weighted by atomic mass is 10.1. The minimum absolute atomic E-state index is 0.0418. The smallest absolute Gasteiger partial charge is 0.408 e. The summed E-state index contributed by atoms with van der Waals surface area (Å²) in [4.78, 5) is 30.5. The van der Waals surface area contributed by atoms with Crippen LogP contribution in [0.25, 0.3) is 11.1 Å². The van der Waals surface area contributed by atoms with E-state index in [1.165, 1.54) is 0 Å². The number of aromatic amines is 1. The van der Waals surface area contributed by atoms with Crippen molar-refractivity contribution in [2.45, 2.75) is 0 Å². The highest BCUT2D eigenvalue weighted by Crippen LogP contribution is 2.23. The molecule has 2 aromatic carbocycles. The maximum absolute atomic E-state index is 12.6. The molecule has 0 bridgehead atoms. The molecular weight excluding hydrogens is 342 g/mol. The number of nitrogens with zero attached hydrogens (tertiary/aromatic N) is 2. The van der Waals surface area contributed by atoms with Gasteiger partial charge in [0.05, 0.1) is 16.1 Å². The quantitative estimate of drug-likeness (QED) is 0.765. The molecule has 0 saturated carbocycles. The Labute approximate surface area is 148 Å². The van der Waals surface area contributed by atoms with Gasteiger partial charge in [0.25, 0.3) is 5.91 Å². The number of carbonyl (C=O) groups excluding carboxylic acids is 1. The van der Waals surface area contributed by atoms with Gasteiger partial charge in [-0.05, 0) is 30.3 Å². The van der Waals surface area contributed by atoms with Gasteiger partial charge in [0.2, 0.25) is 0 Å². The van der Waals surface area contributed by atoms with E-state index in [1.54, 1.807) is 18.2 Å². The maximum atomic E-state index is 12.6. The van der Waals surface area contributed by atoms with Crippen molar-refractivity contribution in [3.8, 4) is 0 Å². The second-order valence-electron chi connectivity index (χ2n) is 5.95. The summed E-state index contributed by atoms with van der Waals surface area (Å²) in [6.07, 6.45) is 0. The van der Waals surface area contributed by atoms with E-state index in [-0.39, 0.29) is 5.91 Å². The summed E-state index contributed by atoms with van der Waals surface area (Å²) in [7, 11) is 0. The Morgan fingerprint density at radius 1 is 1.08 bits per heavy atom. The average Bonchev–Trinajstić information content (AvgIpc) is 3.01. The molecule has 0 unspecified atom stereocenters. The van der Waals surface area contributed by atoms with Gasteiger partial charge in [0.15, 0.2) is 5.58 Å². The summed E-state index contributed by atoms with van der Waals surface area (Å²) in [5.74, 6) is -0.498. The lowest BCUT2D eigenvalue weighted by Crippen LogP contribution is -2.48. The Morgan fingerprint density at radius 3 is 2.60 bits per heavy atom. The molecule has 1 aromatic heterocycles. The Balaban J connectivity index is 1.48. The van der Waals surface area contributed by atoms with Crippen LogP contribution in [0.15, 0.2) is 51.7 Å². The number of hydrogen-bond donors (Lipinski definition) is 1. The van der Waals surface area contributed by atoms with E-state index in [9.17, 15) is 9.59 Å². The van der Waals surface area contributed by atoms with Crippen molar-refractivity contribution in [3.05, 3.63) is 63.6 Å². The third kappa shape index (κ3) is 3.00. The van der Waals surface area contributed by atoms with Crippen LogP contribution >= 0.6 is 11.6 Å². The molecular formula is C18H16ClN3O3. The van der Waals surface area contributed by atoms with Crippen molar-refractivity contribution in [2.24, 2.45) is 0 Å². The number of fused-ring (bicyclic) bond motifs is 1. The second-order valence-corrected chi connectivity index (χ2v) is 6.36. The minimum atomic E-state index is -0.456. The van der Waals surface area contributed by atoms with Crippen LogP contribution < -0.4 is 10.7 Å². The number of rotatable bonds is 2. The molecule has 1 aliphatic rings. The number of oxazole rings is 1. The van der Waals surface area contributed by atoms with Gasteiger partial charge in [-0.3, -0.25) is 9.78 Å². The summed E-state index contributed by atoms with van der Waals surface area (Å²) < 4.78 is 5.02. The van der Waals surface area contributed by atoms with Crippen LogP contribution in [0.5, 0.6) is 0 Å². The molecule has 0 atom stereocenters. The van der Waals surface area contributed by atoms with Gasteiger partial charge in [-0.25, -0.2) is 4.79 Å². The van der Waals surface area contributed by atoms with E-state index >= 15 is 0 Å². The molecule has 0 aliphatic carbocycles. The molecule has 0 spiro atoms. The molecule has 2 heterocycles. The zero-order chi connectivity index (χ0) is 17.4. The van der Waals surface area contributed by atoms with E-state index in [4.69, 9.17) is 16.0 Å². The first-order valence-electron chi connectivity index (χ1n) is 8.03. The van der Waals surface area contributed by atoms with Crippen molar-refractivity contribution < 1.29 is 9.21 Å². The molecule has 128 valence electrons. The van der Waals surface area contributed by atoms with Crippen molar-refractivity contribution in [1.82, 2.24) is 9.88 Å². The van der Waals surface area contributed by atoms with Gasteiger partial charge in [-0.1, -0.05) is 23.7 Å². The fourth-order valence-corrected chi connectivity index (χ4v) is 3.33. The van der Waals surface area contributed by atoms with Crippen LogP contribution in [0.3, 0.4) is 0 Å². The molecule has 1 saturated heterocycles. The first-order chi connectivity index (χ1) is 12.1. The number of halogens is 1. The number of carbonyl (C=O) groups is 1. The number of hydrogen-bond acceptors (Lipinski definition) is 4. The van der Waals surface area contributed by atoms with Crippen LogP contribution in [-0.4, -0.2) is 42.0 Å². The van der Waals surface area contributed by atoms with Crippen LogP contribution in [0, 0.1) is 0 Å². The van der Waals surface area contributed by atoms with Gasteiger partial charge in [0, 0.05) is 31.9 Å². The molecule has 1 aliphatic heterocycles. The zero-order valence-corrected chi connectivity index (χ0v) is 14.1. The van der Waals surface area contributed by atoms with Gasteiger partial charge in [-0.2, -0.15) is 0 Å². The fraction of sp³-hybridized carbons (Fsp3) is 0.222. The molecule has 0 radical (unpaired) electrons. The molecule has 1 amide bonds. The molecule has 1 fully saturated rings. The minimum Gasteiger partial charge on any atom is -0.408 e. The van der Waals surface area contributed by atoms with Gasteiger partial charge in [0.1, 0.15) is 0 Å². The van der Waals surface area contributed by atoms with E-state index in [1.807, 2.05) is 29.2 Å². The first-order valence-corrected chi connectivity index (χ1v) is 8.41. The third-order valence-electron chi connectivity index (χ3n) is 4.44. The molecule has 6 nitrogen and oxygen atoms in total. The van der Waals surface area contributed by atoms with E-state index in [2.05, 4.69) is 9.88 Å². The van der Waals surface area contributed by atoms with Crippen molar-refractivity contribution in [2.75, 3.05) is 31.1 Å². The van der Waals surface area contributed by atoms with Crippen molar-refractivity contribution in [3.63, 3.8) is 0 Å². The predicted molar refractivity (Wildman–Crippen MR) is 96.4 cm³/mol. The Hall–Kier alpha value is -2.73. The van der Waals surface area contributed by atoms with Gasteiger partial charge in [-0.15, -0.1) is 0 Å². The molecule has 3 aromatic rings. The number of amides is 1.